The van der Waals surface area contributed by atoms with Crippen LogP contribution in [0.4, 0.5) is 11.4 Å². The molecule has 8 heteroatoms. The molecule has 1 N–H and O–H groups in total. The van der Waals surface area contributed by atoms with Crippen molar-refractivity contribution in [2.24, 2.45) is 0 Å². The molecule has 0 saturated carbocycles. The predicted molar refractivity (Wildman–Crippen MR) is 112 cm³/mol. The third-order valence-corrected chi connectivity index (χ3v) is 4.81. The number of nitro groups is 1. The molecule has 1 amide bonds. The van der Waals surface area contributed by atoms with E-state index in [1.54, 1.807) is 37.3 Å². The van der Waals surface area contributed by atoms with Crippen LogP contribution in [0, 0.1) is 17.0 Å². The Balaban J connectivity index is 1.96. The third kappa shape index (κ3) is 4.45. The first-order valence-electron chi connectivity index (χ1n) is 8.43. The maximum atomic E-state index is 13.0. The molecule has 0 heterocycles. The summed E-state index contributed by atoms with van der Waals surface area (Å²) < 4.78 is 0. The number of carbonyl (C=O) groups excluding carboxylic acids is 2. The molecule has 0 aliphatic heterocycles. The van der Waals surface area contributed by atoms with Gasteiger partial charge in [-0.2, -0.15) is 0 Å². The first-order valence-corrected chi connectivity index (χ1v) is 9.18. The van der Waals surface area contributed by atoms with Crippen molar-refractivity contribution in [3.8, 4) is 0 Å². The maximum absolute atomic E-state index is 13.0. The number of hydrogen-bond donors (Lipinski definition) is 1. The third-order valence-electron chi connectivity index (χ3n) is 4.26. The molecule has 0 radical (unpaired) electrons. The molecule has 0 saturated heterocycles. The molecule has 3 aromatic rings. The number of anilines is 1. The molecule has 0 aliphatic carbocycles. The number of nitrogens with one attached hydrogen (secondary N) is 1. The van der Waals surface area contributed by atoms with Gasteiger partial charge in [-0.1, -0.05) is 41.4 Å². The fraction of sp³-hybridized carbons (Fsp3) is 0.0476. The van der Waals surface area contributed by atoms with Crippen LogP contribution in [0.2, 0.25) is 10.0 Å². The summed E-state index contributed by atoms with van der Waals surface area (Å²) in [5, 5.41) is 14.3. The summed E-state index contributed by atoms with van der Waals surface area (Å²) in [7, 11) is 0. The van der Waals surface area contributed by atoms with Crippen molar-refractivity contribution in [3.05, 3.63) is 103 Å². The Morgan fingerprint density at radius 3 is 2.31 bits per heavy atom. The number of aryl methyl sites for hydroxylation is 1. The number of ketones is 1. The highest BCUT2D eigenvalue weighted by atomic mass is 35.5. The monoisotopic (exact) mass is 428 g/mol. The van der Waals surface area contributed by atoms with Crippen LogP contribution in [0.3, 0.4) is 0 Å². The zero-order valence-electron chi connectivity index (χ0n) is 15.1. The molecule has 0 spiro atoms. The van der Waals surface area contributed by atoms with Gasteiger partial charge >= 0.3 is 0 Å². The van der Waals surface area contributed by atoms with Crippen molar-refractivity contribution in [2.75, 3.05) is 5.32 Å². The van der Waals surface area contributed by atoms with Gasteiger partial charge in [0.25, 0.3) is 11.6 Å². The van der Waals surface area contributed by atoms with Crippen LogP contribution in [0.25, 0.3) is 0 Å². The van der Waals surface area contributed by atoms with Crippen LogP contribution < -0.4 is 5.32 Å². The molecule has 146 valence electrons. The fourth-order valence-electron chi connectivity index (χ4n) is 2.79. The van der Waals surface area contributed by atoms with E-state index in [-0.39, 0.29) is 27.4 Å². The molecule has 6 nitrogen and oxygen atoms in total. The van der Waals surface area contributed by atoms with Gasteiger partial charge in [0.05, 0.1) is 10.5 Å². The Kier molecular flexibility index (Phi) is 5.96. The second-order valence-corrected chi connectivity index (χ2v) is 7.06. The molecular formula is C21H14Cl2N2O4. The summed E-state index contributed by atoms with van der Waals surface area (Å²) in [6.07, 6.45) is 0. The van der Waals surface area contributed by atoms with Crippen molar-refractivity contribution < 1.29 is 14.5 Å². The number of rotatable bonds is 5. The van der Waals surface area contributed by atoms with Crippen LogP contribution in [0.5, 0.6) is 0 Å². The summed E-state index contributed by atoms with van der Waals surface area (Å²) in [5.41, 5.74) is 1.27. The number of nitrogens with zero attached hydrogens (tertiary/aromatic N) is 1. The summed E-state index contributed by atoms with van der Waals surface area (Å²) >= 11 is 11.7. The molecular weight excluding hydrogens is 415 g/mol. The summed E-state index contributed by atoms with van der Waals surface area (Å²) in [4.78, 5) is 36.2. The van der Waals surface area contributed by atoms with Gasteiger partial charge < -0.3 is 5.32 Å². The summed E-state index contributed by atoms with van der Waals surface area (Å²) in [5.74, 6) is -1.01. The smallest absolute Gasteiger partial charge is 0.288 e. The minimum Gasteiger partial charge on any atom is -0.322 e. The van der Waals surface area contributed by atoms with Gasteiger partial charge in [-0.15, -0.1) is 0 Å². The lowest BCUT2D eigenvalue weighted by Gasteiger charge is -2.12. The van der Waals surface area contributed by atoms with Crippen LogP contribution in [0.1, 0.15) is 31.8 Å². The van der Waals surface area contributed by atoms with Gasteiger partial charge in [-0.05, 0) is 48.9 Å². The van der Waals surface area contributed by atoms with Gasteiger partial charge in [0.1, 0.15) is 5.02 Å². The van der Waals surface area contributed by atoms with Crippen molar-refractivity contribution >= 4 is 46.3 Å². The Bertz CT molecular complexity index is 1150. The number of halogens is 2. The number of amides is 1. The molecule has 0 aromatic heterocycles. The fourth-order valence-corrected chi connectivity index (χ4v) is 3.20. The molecule has 0 bridgehead atoms. The quantitative estimate of drug-likeness (QED) is 0.320. The van der Waals surface area contributed by atoms with Gasteiger partial charge in [0, 0.05) is 27.9 Å². The van der Waals surface area contributed by atoms with E-state index >= 15 is 0 Å². The van der Waals surface area contributed by atoms with E-state index in [4.69, 9.17) is 23.2 Å². The molecule has 0 atom stereocenters. The SMILES string of the molecule is Cc1cc(Cl)ccc1NC(=O)c1ccccc1C(=O)c1ccc(Cl)c([N+](=O)[O-])c1. The van der Waals surface area contributed by atoms with Crippen molar-refractivity contribution in [1.29, 1.82) is 0 Å². The van der Waals surface area contributed by atoms with E-state index in [0.29, 0.717) is 10.7 Å². The highest BCUT2D eigenvalue weighted by molar-refractivity contribution is 6.33. The number of carbonyl (C=O) groups is 2. The van der Waals surface area contributed by atoms with Crippen molar-refractivity contribution in [1.82, 2.24) is 0 Å². The van der Waals surface area contributed by atoms with E-state index in [9.17, 15) is 19.7 Å². The van der Waals surface area contributed by atoms with Crippen molar-refractivity contribution in [3.63, 3.8) is 0 Å². The molecule has 29 heavy (non-hydrogen) atoms. The molecule has 0 fully saturated rings. The van der Waals surface area contributed by atoms with Crippen LogP contribution in [0.15, 0.2) is 60.7 Å². The largest absolute Gasteiger partial charge is 0.322 e. The number of nitro benzene ring substituents is 1. The average molecular weight is 429 g/mol. The average Bonchev–Trinajstić information content (AvgIpc) is 2.69. The predicted octanol–water partition coefficient (Wildman–Crippen LogP) is 5.69. The van der Waals surface area contributed by atoms with Gasteiger partial charge in [0.2, 0.25) is 0 Å². The second-order valence-electron chi connectivity index (χ2n) is 6.21. The normalized spacial score (nSPS) is 10.4. The minimum absolute atomic E-state index is 0.0593. The van der Waals surface area contributed by atoms with Crippen LogP contribution in [-0.2, 0) is 0 Å². The van der Waals surface area contributed by atoms with Crippen molar-refractivity contribution in [2.45, 2.75) is 6.92 Å². The van der Waals surface area contributed by atoms with Gasteiger partial charge in [0.15, 0.2) is 5.78 Å². The molecule has 0 unspecified atom stereocenters. The Labute approximate surface area is 176 Å². The first kappa shape index (κ1) is 20.5. The van der Waals surface area contributed by atoms with Gasteiger partial charge in [-0.25, -0.2) is 0 Å². The standard InChI is InChI=1S/C21H14Cl2N2O4/c1-12-10-14(22)7-9-18(12)24-21(27)16-5-3-2-4-15(16)20(26)13-6-8-17(23)19(11-13)25(28)29/h2-11H,1H3,(H,24,27). The number of hydrogen-bond acceptors (Lipinski definition) is 4. The maximum Gasteiger partial charge on any atom is 0.288 e. The lowest BCUT2D eigenvalue weighted by molar-refractivity contribution is -0.384. The zero-order chi connectivity index (χ0) is 21.1. The molecule has 0 aliphatic rings. The molecule has 3 aromatic carbocycles. The van der Waals surface area contributed by atoms with E-state index in [1.165, 1.54) is 24.3 Å². The Morgan fingerprint density at radius 1 is 0.966 bits per heavy atom. The van der Waals surface area contributed by atoms with Crippen LogP contribution >= 0.6 is 23.2 Å². The lowest BCUT2D eigenvalue weighted by Crippen LogP contribution is -2.17. The lowest BCUT2D eigenvalue weighted by atomic mass is 9.97. The van der Waals surface area contributed by atoms with E-state index in [1.807, 2.05) is 0 Å². The highest BCUT2D eigenvalue weighted by Gasteiger charge is 2.21. The highest BCUT2D eigenvalue weighted by Crippen LogP contribution is 2.27. The van der Waals surface area contributed by atoms with E-state index in [2.05, 4.69) is 5.32 Å². The topological polar surface area (TPSA) is 89.3 Å². The summed E-state index contributed by atoms with van der Waals surface area (Å²) in [6, 6.07) is 15.0. The van der Waals surface area contributed by atoms with E-state index in [0.717, 1.165) is 11.6 Å². The first-order chi connectivity index (χ1) is 13.8. The zero-order valence-corrected chi connectivity index (χ0v) is 16.6. The summed E-state index contributed by atoms with van der Waals surface area (Å²) in [6.45, 7) is 1.80. The second kappa shape index (κ2) is 8.43. The Morgan fingerprint density at radius 2 is 1.66 bits per heavy atom. The van der Waals surface area contributed by atoms with Crippen LogP contribution in [-0.4, -0.2) is 16.6 Å². The van der Waals surface area contributed by atoms with E-state index < -0.39 is 16.6 Å². The van der Waals surface area contributed by atoms with Gasteiger partial charge in [-0.3, -0.25) is 19.7 Å². The molecule has 3 rings (SSSR count). The Hall–Kier alpha value is -3.22. The number of benzene rings is 3. The minimum atomic E-state index is -0.666.